The highest BCUT2D eigenvalue weighted by Crippen LogP contribution is 2.25. The summed E-state index contributed by atoms with van der Waals surface area (Å²) in [6.07, 6.45) is 4.66. The highest BCUT2D eigenvalue weighted by molar-refractivity contribution is 5.92. The van der Waals surface area contributed by atoms with Gasteiger partial charge in [-0.1, -0.05) is 31.9 Å². The number of benzene rings is 1. The number of hydrogen-bond acceptors (Lipinski definition) is 4. The quantitative estimate of drug-likeness (QED) is 0.876. The molecule has 3 rings (SSSR count). The van der Waals surface area contributed by atoms with Gasteiger partial charge in [-0.25, -0.2) is 5.10 Å². The number of carbonyl (C=O) groups is 1. The SMILES string of the molecule is C[C@@H]1CCC[C@@H](OCC(=O)Nc2cccc(-c3ccc(=O)[nH]n3)c2)C1. The van der Waals surface area contributed by atoms with Gasteiger partial charge in [0.1, 0.15) is 6.61 Å². The third-order valence-corrected chi connectivity index (χ3v) is 4.46. The monoisotopic (exact) mass is 341 g/mol. The van der Waals surface area contributed by atoms with Crippen LogP contribution < -0.4 is 10.9 Å². The zero-order valence-corrected chi connectivity index (χ0v) is 14.3. The van der Waals surface area contributed by atoms with Gasteiger partial charge in [0.15, 0.2) is 0 Å². The Bertz CT molecular complexity index is 767. The van der Waals surface area contributed by atoms with Crippen molar-refractivity contribution < 1.29 is 9.53 Å². The van der Waals surface area contributed by atoms with E-state index in [9.17, 15) is 9.59 Å². The summed E-state index contributed by atoms with van der Waals surface area (Å²) in [6.45, 7) is 2.30. The average molecular weight is 341 g/mol. The van der Waals surface area contributed by atoms with Crippen LogP contribution >= 0.6 is 0 Å². The lowest BCUT2D eigenvalue weighted by atomic mass is 9.89. The Morgan fingerprint density at radius 2 is 2.20 bits per heavy atom. The number of nitrogens with one attached hydrogen (secondary N) is 2. The predicted molar refractivity (Wildman–Crippen MR) is 96.3 cm³/mol. The van der Waals surface area contributed by atoms with Crippen LogP contribution in [0.5, 0.6) is 0 Å². The Morgan fingerprint density at radius 1 is 1.32 bits per heavy atom. The van der Waals surface area contributed by atoms with Gasteiger partial charge in [-0.05, 0) is 37.0 Å². The summed E-state index contributed by atoms with van der Waals surface area (Å²) in [7, 11) is 0. The standard InChI is InChI=1S/C19H23N3O3/c1-13-4-2-7-16(10-13)25-12-19(24)20-15-6-3-5-14(11-15)17-8-9-18(23)22-21-17/h3,5-6,8-9,11,13,16H,2,4,7,10,12H2,1H3,(H,20,24)(H,22,23)/t13-,16-/m1/s1. The van der Waals surface area contributed by atoms with Gasteiger partial charge in [0.2, 0.25) is 5.91 Å². The van der Waals surface area contributed by atoms with E-state index in [-0.39, 0.29) is 24.2 Å². The van der Waals surface area contributed by atoms with Crippen LogP contribution in [0.2, 0.25) is 0 Å². The largest absolute Gasteiger partial charge is 0.368 e. The van der Waals surface area contributed by atoms with Crippen molar-refractivity contribution in [3.05, 3.63) is 46.8 Å². The Morgan fingerprint density at radius 3 is 2.96 bits per heavy atom. The molecule has 1 aliphatic rings. The molecule has 0 unspecified atom stereocenters. The fourth-order valence-corrected chi connectivity index (χ4v) is 3.18. The number of nitrogens with zero attached hydrogens (tertiary/aromatic N) is 1. The van der Waals surface area contributed by atoms with E-state index in [0.717, 1.165) is 18.4 Å². The number of amides is 1. The van der Waals surface area contributed by atoms with Crippen molar-refractivity contribution >= 4 is 11.6 Å². The molecular formula is C19H23N3O3. The average Bonchev–Trinajstić information content (AvgIpc) is 2.61. The van der Waals surface area contributed by atoms with E-state index in [0.29, 0.717) is 17.3 Å². The Kier molecular flexibility index (Phi) is 5.60. The molecule has 1 heterocycles. The van der Waals surface area contributed by atoms with Crippen molar-refractivity contribution in [1.29, 1.82) is 0 Å². The van der Waals surface area contributed by atoms with Crippen molar-refractivity contribution in [3.63, 3.8) is 0 Å². The van der Waals surface area contributed by atoms with E-state index in [1.807, 2.05) is 24.3 Å². The number of H-pyrrole nitrogens is 1. The molecule has 1 aromatic heterocycles. The Hall–Kier alpha value is -2.47. The maximum atomic E-state index is 12.1. The summed E-state index contributed by atoms with van der Waals surface area (Å²) in [5.41, 5.74) is 1.89. The maximum absolute atomic E-state index is 12.1. The van der Waals surface area contributed by atoms with Crippen molar-refractivity contribution in [3.8, 4) is 11.3 Å². The Balaban J connectivity index is 1.57. The van der Waals surface area contributed by atoms with Gasteiger partial charge in [0, 0.05) is 17.3 Å². The smallest absolute Gasteiger partial charge is 0.264 e. The minimum absolute atomic E-state index is 0.0680. The van der Waals surface area contributed by atoms with Crippen molar-refractivity contribution in [1.82, 2.24) is 10.2 Å². The number of hydrogen-bond donors (Lipinski definition) is 2. The van der Waals surface area contributed by atoms with Gasteiger partial charge in [-0.15, -0.1) is 0 Å². The first-order valence-corrected chi connectivity index (χ1v) is 8.68. The van der Waals surface area contributed by atoms with Crippen molar-refractivity contribution in [2.75, 3.05) is 11.9 Å². The zero-order chi connectivity index (χ0) is 17.6. The summed E-state index contributed by atoms with van der Waals surface area (Å²) in [6, 6.07) is 10.4. The highest BCUT2D eigenvalue weighted by Gasteiger charge is 2.20. The molecule has 1 fully saturated rings. The van der Waals surface area contributed by atoms with E-state index in [2.05, 4.69) is 22.4 Å². The second-order valence-electron chi connectivity index (χ2n) is 6.64. The minimum atomic E-state index is -0.248. The summed E-state index contributed by atoms with van der Waals surface area (Å²) in [5, 5.41) is 9.25. The fourth-order valence-electron chi connectivity index (χ4n) is 3.18. The van der Waals surface area contributed by atoms with E-state index in [1.54, 1.807) is 6.07 Å². The van der Waals surface area contributed by atoms with Crippen LogP contribution in [0, 0.1) is 5.92 Å². The molecule has 1 aromatic carbocycles. The number of aromatic nitrogens is 2. The molecule has 2 N–H and O–H groups in total. The third kappa shape index (κ3) is 5.00. The topological polar surface area (TPSA) is 84.1 Å². The third-order valence-electron chi connectivity index (χ3n) is 4.46. The molecule has 0 saturated heterocycles. The zero-order valence-electron chi connectivity index (χ0n) is 14.3. The molecule has 1 amide bonds. The van der Waals surface area contributed by atoms with Crippen molar-refractivity contribution in [2.24, 2.45) is 5.92 Å². The lowest BCUT2D eigenvalue weighted by Crippen LogP contribution is -2.26. The minimum Gasteiger partial charge on any atom is -0.368 e. The maximum Gasteiger partial charge on any atom is 0.264 e. The van der Waals surface area contributed by atoms with Crippen LogP contribution in [0.4, 0.5) is 5.69 Å². The van der Waals surface area contributed by atoms with Crippen LogP contribution in [-0.4, -0.2) is 28.8 Å². The Labute approximate surface area is 146 Å². The van der Waals surface area contributed by atoms with Crippen LogP contribution in [0.25, 0.3) is 11.3 Å². The van der Waals surface area contributed by atoms with E-state index in [4.69, 9.17) is 4.74 Å². The first-order chi connectivity index (χ1) is 12.1. The molecule has 1 aliphatic carbocycles. The van der Waals surface area contributed by atoms with Crippen LogP contribution in [0.1, 0.15) is 32.6 Å². The van der Waals surface area contributed by atoms with Crippen LogP contribution in [0.3, 0.4) is 0 Å². The fraction of sp³-hybridized carbons (Fsp3) is 0.421. The first kappa shape index (κ1) is 17.4. The lowest BCUT2D eigenvalue weighted by Gasteiger charge is -2.26. The first-order valence-electron chi connectivity index (χ1n) is 8.68. The van der Waals surface area contributed by atoms with Crippen LogP contribution in [0.15, 0.2) is 41.2 Å². The molecule has 1 saturated carbocycles. The van der Waals surface area contributed by atoms with E-state index < -0.39 is 0 Å². The van der Waals surface area contributed by atoms with E-state index in [1.165, 1.54) is 18.9 Å². The molecule has 6 heteroatoms. The summed E-state index contributed by atoms with van der Waals surface area (Å²) in [5.74, 6) is 0.508. The van der Waals surface area contributed by atoms with Gasteiger partial charge in [0.05, 0.1) is 11.8 Å². The predicted octanol–water partition coefficient (Wildman–Crippen LogP) is 2.97. The number of aromatic amines is 1. The molecule has 0 spiro atoms. The molecule has 0 aliphatic heterocycles. The van der Waals surface area contributed by atoms with Gasteiger partial charge in [-0.3, -0.25) is 9.59 Å². The second-order valence-corrected chi connectivity index (χ2v) is 6.64. The molecular weight excluding hydrogens is 318 g/mol. The van der Waals surface area contributed by atoms with Gasteiger partial charge in [0.25, 0.3) is 5.56 Å². The molecule has 25 heavy (non-hydrogen) atoms. The van der Waals surface area contributed by atoms with Gasteiger partial charge < -0.3 is 10.1 Å². The number of rotatable bonds is 5. The lowest BCUT2D eigenvalue weighted by molar-refractivity contribution is -0.123. The summed E-state index contributed by atoms with van der Waals surface area (Å²) in [4.78, 5) is 23.2. The molecule has 2 atom stereocenters. The molecule has 6 nitrogen and oxygen atoms in total. The molecule has 132 valence electrons. The van der Waals surface area contributed by atoms with Gasteiger partial charge in [-0.2, -0.15) is 5.10 Å². The van der Waals surface area contributed by atoms with Crippen LogP contribution in [-0.2, 0) is 9.53 Å². The molecule has 0 radical (unpaired) electrons. The molecule has 2 aromatic rings. The number of carbonyl (C=O) groups excluding carboxylic acids is 1. The highest BCUT2D eigenvalue weighted by atomic mass is 16.5. The summed E-state index contributed by atoms with van der Waals surface area (Å²) >= 11 is 0. The van der Waals surface area contributed by atoms with Gasteiger partial charge >= 0.3 is 0 Å². The summed E-state index contributed by atoms with van der Waals surface area (Å²) < 4.78 is 5.75. The number of anilines is 1. The normalized spacial score (nSPS) is 20.2. The van der Waals surface area contributed by atoms with Crippen molar-refractivity contribution in [2.45, 2.75) is 38.7 Å². The second kappa shape index (κ2) is 8.07. The van der Waals surface area contributed by atoms with E-state index >= 15 is 0 Å². The number of ether oxygens (including phenoxy) is 1. The molecule has 0 bridgehead atoms.